The third-order valence-electron chi connectivity index (χ3n) is 9.65. The van der Waals surface area contributed by atoms with Crippen molar-refractivity contribution in [2.75, 3.05) is 4.90 Å². The van der Waals surface area contributed by atoms with Gasteiger partial charge in [-0.2, -0.15) is 0 Å². The van der Waals surface area contributed by atoms with Crippen LogP contribution in [0.15, 0.2) is 180 Å². The molecule has 0 aliphatic rings. The lowest BCUT2D eigenvalue weighted by Crippen LogP contribution is -2.11. The van der Waals surface area contributed by atoms with Gasteiger partial charge in [0.15, 0.2) is 0 Å². The molecule has 0 aliphatic heterocycles. The minimum Gasteiger partial charge on any atom is -0.455 e. The maximum absolute atomic E-state index is 6.90. The Bertz CT molecular complexity index is 2810. The lowest BCUT2D eigenvalue weighted by molar-refractivity contribution is 0.670. The van der Waals surface area contributed by atoms with Crippen LogP contribution < -0.4 is 4.90 Å². The molecule has 49 heavy (non-hydrogen) atoms. The van der Waals surface area contributed by atoms with Crippen LogP contribution in [0.1, 0.15) is 0 Å². The third-order valence-corrected chi connectivity index (χ3v) is 10.9. The summed E-state index contributed by atoms with van der Waals surface area (Å²) in [6.45, 7) is 0. The van der Waals surface area contributed by atoms with Crippen molar-refractivity contribution in [2.24, 2.45) is 0 Å². The highest BCUT2D eigenvalue weighted by atomic mass is 32.1. The second-order valence-corrected chi connectivity index (χ2v) is 13.6. The maximum atomic E-state index is 6.90. The molecule has 8 aromatic carbocycles. The van der Waals surface area contributed by atoms with Crippen LogP contribution >= 0.6 is 11.3 Å². The van der Waals surface area contributed by atoms with Crippen LogP contribution in [0.25, 0.3) is 75.1 Å². The molecule has 0 fully saturated rings. The van der Waals surface area contributed by atoms with E-state index in [1.807, 2.05) is 11.3 Å². The van der Waals surface area contributed by atoms with E-state index < -0.39 is 0 Å². The first kappa shape index (κ1) is 27.9. The number of benzene rings is 8. The Kier molecular flexibility index (Phi) is 6.39. The number of fused-ring (bicyclic) bond motifs is 7. The van der Waals surface area contributed by atoms with Gasteiger partial charge in [0.2, 0.25) is 0 Å². The number of furan rings is 1. The summed E-state index contributed by atoms with van der Waals surface area (Å²) < 4.78 is 9.44. The molecule has 2 aromatic heterocycles. The molecular formula is C46H29NOS. The first-order valence-electron chi connectivity index (χ1n) is 16.6. The smallest absolute Gasteiger partial charge is 0.145 e. The zero-order valence-corrected chi connectivity index (χ0v) is 27.3. The molecule has 2 nitrogen and oxygen atoms in total. The number of hydrogen-bond donors (Lipinski definition) is 0. The summed E-state index contributed by atoms with van der Waals surface area (Å²) in [4.78, 5) is 2.43. The Morgan fingerprint density at radius 2 is 1.08 bits per heavy atom. The number of rotatable bonds is 5. The zero-order chi connectivity index (χ0) is 32.3. The molecule has 0 aliphatic carbocycles. The number of hydrogen-bond acceptors (Lipinski definition) is 3. The van der Waals surface area contributed by atoms with Crippen molar-refractivity contribution < 1.29 is 4.42 Å². The standard InChI is InChI=1S/C46H29NOS/c1-3-12-30(13-4-1)31-22-24-35(25-23-31)47(41-20-11-19-38-36-18-9-10-21-43(36)49-46(38)41)40-27-26-37-39-28-33-16-7-8-17-34(33)29-42(39)48-45(37)44(40)32-14-5-2-6-15-32/h1-29H. The highest BCUT2D eigenvalue weighted by Crippen LogP contribution is 2.50. The lowest BCUT2D eigenvalue weighted by Gasteiger charge is -2.28. The minimum absolute atomic E-state index is 0.892. The molecule has 10 aromatic rings. The summed E-state index contributed by atoms with van der Waals surface area (Å²) in [5.41, 5.74) is 9.66. The molecule has 230 valence electrons. The Hall–Kier alpha value is -6.16. The van der Waals surface area contributed by atoms with Crippen LogP contribution in [0.2, 0.25) is 0 Å². The quantitative estimate of drug-likeness (QED) is 0.186. The van der Waals surface area contributed by atoms with Gasteiger partial charge < -0.3 is 9.32 Å². The van der Waals surface area contributed by atoms with Gasteiger partial charge in [-0.1, -0.05) is 127 Å². The Morgan fingerprint density at radius 3 is 1.88 bits per heavy atom. The van der Waals surface area contributed by atoms with Crippen molar-refractivity contribution >= 4 is 81.3 Å². The highest BCUT2D eigenvalue weighted by molar-refractivity contribution is 7.26. The van der Waals surface area contributed by atoms with Gasteiger partial charge >= 0.3 is 0 Å². The first-order valence-corrected chi connectivity index (χ1v) is 17.4. The van der Waals surface area contributed by atoms with Gasteiger partial charge in [-0.25, -0.2) is 0 Å². The highest BCUT2D eigenvalue weighted by Gasteiger charge is 2.25. The number of nitrogens with zero attached hydrogens (tertiary/aromatic N) is 1. The third kappa shape index (κ3) is 4.55. The predicted octanol–water partition coefficient (Wildman–Crippen LogP) is 13.9. The van der Waals surface area contributed by atoms with Crippen LogP contribution in [0.4, 0.5) is 17.1 Å². The van der Waals surface area contributed by atoms with E-state index in [0.29, 0.717) is 0 Å². The molecule has 0 radical (unpaired) electrons. The fourth-order valence-electron chi connectivity index (χ4n) is 7.33. The van der Waals surface area contributed by atoms with E-state index in [-0.39, 0.29) is 0 Å². The molecule has 10 rings (SSSR count). The summed E-state index contributed by atoms with van der Waals surface area (Å²) in [5.74, 6) is 0. The topological polar surface area (TPSA) is 16.4 Å². The molecule has 0 spiro atoms. The van der Waals surface area contributed by atoms with E-state index in [4.69, 9.17) is 4.42 Å². The summed E-state index contributed by atoms with van der Waals surface area (Å²) in [6, 6.07) is 63.1. The van der Waals surface area contributed by atoms with Crippen molar-refractivity contribution in [1.82, 2.24) is 0 Å². The van der Waals surface area contributed by atoms with Crippen LogP contribution in [0.3, 0.4) is 0 Å². The molecule has 0 saturated heterocycles. The van der Waals surface area contributed by atoms with Gasteiger partial charge in [0.25, 0.3) is 0 Å². The lowest BCUT2D eigenvalue weighted by atomic mass is 9.97. The Labute approximate surface area is 287 Å². The largest absolute Gasteiger partial charge is 0.455 e. The molecule has 0 saturated carbocycles. The van der Waals surface area contributed by atoms with E-state index in [9.17, 15) is 0 Å². The predicted molar refractivity (Wildman–Crippen MR) is 210 cm³/mol. The van der Waals surface area contributed by atoms with E-state index in [1.54, 1.807) is 0 Å². The zero-order valence-electron chi connectivity index (χ0n) is 26.5. The fourth-order valence-corrected chi connectivity index (χ4v) is 8.54. The molecule has 0 bridgehead atoms. The van der Waals surface area contributed by atoms with Crippen LogP contribution in [0, 0.1) is 0 Å². The summed E-state index contributed by atoms with van der Waals surface area (Å²) in [5, 5.41) is 7.17. The number of thiophene rings is 1. The van der Waals surface area contributed by atoms with Crippen molar-refractivity contribution in [1.29, 1.82) is 0 Å². The van der Waals surface area contributed by atoms with Crippen molar-refractivity contribution in [3.63, 3.8) is 0 Å². The van der Waals surface area contributed by atoms with E-state index in [2.05, 4.69) is 181 Å². The van der Waals surface area contributed by atoms with Gasteiger partial charge in [-0.05, 0) is 76.0 Å². The molecule has 0 unspecified atom stereocenters. The van der Waals surface area contributed by atoms with E-state index in [1.165, 1.54) is 42.1 Å². The van der Waals surface area contributed by atoms with Crippen LogP contribution in [-0.2, 0) is 0 Å². The summed E-state index contributed by atoms with van der Waals surface area (Å²) >= 11 is 1.85. The SMILES string of the molecule is c1ccc(-c2ccc(N(c3ccc4c(oc5cc6ccccc6cc54)c3-c3ccccc3)c3cccc4c3sc3ccccc34)cc2)cc1. The minimum atomic E-state index is 0.892. The van der Waals surface area contributed by atoms with Crippen molar-refractivity contribution in [3.8, 4) is 22.3 Å². The van der Waals surface area contributed by atoms with Crippen molar-refractivity contribution in [3.05, 3.63) is 176 Å². The second-order valence-electron chi connectivity index (χ2n) is 12.5. The van der Waals surface area contributed by atoms with Gasteiger partial charge in [0, 0.05) is 37.5 Å². The monoisotopic (exact) mass is 643 g/mol. The molecular weight excluding hydrogens is 615 g/mol. The normalized spacial score (nSPS) is 11.7. The van der Waals surface area contributed by atoms with Crippen molar-refractivity contribution in [2.45, 2.75) is 0 Å². The average Bonchev–Trinajstić information content (AvgIpc) is 3.73. The van der Waals surface area contributed by atoms with E-state index in [0.717, 1.165) is 50.1 Å². The maximum Gasteiger partial charge on any atom is 0.145 e. The van der Waals surface area contributed by atoms with Crippen LogP contribution in [0.5, 0.6) is 0 Å². The first-order chi connectivity index (χ1) is 24.3. The number of anilines is 3. The van der Waals surface area contributed by atoms with E-state index >= 15 is 0 Å². The van der Waals surface area contributed by atoms with Gasteiger partial charge in [-0.15, -0.1) is 11.3 Å². The van der Waals surface area contributed by atoms with Gasteiger partial charge in [-0.3, -0.25) is 0 Å². The molecule has 0 atom stereocenters. The van der Waals surface area contributed by atoms with Crippen LogP contribution in [-0.4, -0.2) is 0 Å². The fraction of sp³-hybridized carbons (Fsp3) is 0. The Morgan fingerprint density at radius 1 is 0.429 bits per heavy atom. The van der Waals surface area contributed by atoms with Gasteiger partial charge in [0.05, 0.1) is 16.1 Å². The molecule has 2 heterocycles. The van der Waals surface area contributed by atoms with Gasteiger partial charge in [0.1, 0.15) is 11.2 Å². The average molecular weight is 644 g/mol. The summed E-state index contributed by atoms with van der Waals surface area (Å²) in [6.07, 6.45) is 0. The second kappa shape index (κ2) is 11.2. The molecule has 0 amide bonds. The molecule has 3 heteroatoms. The molecule has 0 N–H and O–H groups in total. The summed E-state index contributed by atoms with van der Waals surface area (Å²) in [7, 11) is 0. The Balaban J connectivity index is 1.28.